The van der Waals surface area contributed by atoms with Gasteiger partial charge in [-0.25, -0.2) is 4.79 Å². The molecule has 0 radical (unpaired) electrons. The molecule has 6 heteroatoms. The minimum Gasteiger partial charge on any atom is -0.477 e. The number of rotatable bonds is 3. The van der Waals surface area contributed by atoms with E-state index in [9.17, 15) is 4.79 Å². The van der Waals surface area contributed by atoms with Crippen molar-refractivity contribution in [2.24, 2.45) is 5.41 Å². The highest BCUT2D eigenvalue weighted by molar-refractivity contribution is 5.86. The van der Waals surface area contributed by atoms with Gasteiger partial charge in [-0.1, -0.05) is 0 Å². The minimum atomic E-state index is -0.998. The zero-order valence-corrected chi connectivity index (χ0v) is 10.3. The predicted octanol–water partition coefficient (Wildman–Crippen LogP) is 1.23. The van der Waals surface area contributed by atoms with E-state index in [0.717, 1.165) is 19.4 Å². The Balaban J connectivity index is 2.08. The number of H-pyrrole nitrogens is 1. The monoisotopic (exact) mass is 248 g/mol. The highest BCUT2D eigenvalue weighted by Crippen LogP contribution is 2.29. The van der Waals surface area contributed by atoms with Crippen molar-refractivity contribution in [1.29, 1.82) is 5.26 Å². The Bertz CT molecular complexity index is 491. The predicted molar refractivity (Wildman–Crippen MR) is 63.8 cm³/mol. The van der Waals surface area contributed by atoms with E-state index in [-0.39, 0.29) is 11.1 Å². The van der Waals surface area contributed by atoms with Gasteiger partial charge >= 0.3 is 5.97 Å². The first-order valence-corrected chi connectivity index (χ1v) is 5.93. The highest BCUT2D eigenvalue weighted by Gasteiger charge is 2.31. The fourth-order valence-corrected chi connectivity index (χ4v) is 2.43. The maximum Gasteiger partial charge on any atom is 0.354 e. The van der Waals surface area contributed by atoms with Crippen LogP contribution in [0.5, 0.6) is 0 Å². The first-order chi connectivity index (χ1) is 8.54. The Hall–Kier alpha value is -1.87. The number of nitrogens with zero attached hydrogens (tertiary/aromatic N) is 3. The van der Waals surface area contributed by atoms with Crippen LogP contribution in [0.3, 0.4) is 0 Å². The van der Waals surface area contributed by atoms with Crippen LogP contribution < -0.4 is 0 Å². The van der Waals surface area contributed by atoms with Crippen LogP contribution in [0.1, 0.15) is 35.8 Å². The van der Waals surface area contributed by atoms with Crippen LogP contribution in [0, 0.1) is 16.7 Å². The number of hydrogen-bond donors (Lipinski definition) is 2. The summed E-state index contributed by atoms with van der Waals surface area (Å²) in [6.45, 7) is 4.04. The number of nitrogens with one attached hydrogen (secondary N) is 1. The maximum atomic E-state index is 11.0. The summed E-state index contributed by atoms with van der Waals surface area (Å²) < 4.78 is 0. The molecular weight excluding hydrogens is 232 g/mol. The molecule has 1 aromatic rings. The molecule has 0 spiro atoms. The molecule has 1 fully saturated rings. The number of piperidine rings is 1. The molecule has 0 amide bonds. The van der Waals surface area contributed by atoms with Gasteiger partial charge in [0.25, 0.3) is 0 Å². The van der Waals surface area contributed by atoms with Gasteiger partial charge in [0.2, 0.25) is 0 Å². The van der Waals surface area contributed by atoms with Gasteiger partial charge < -0.3 is 5.11 Å². The third-order valence-electron chi connectivity index (χ3n) is 3.37. The van der Waals surface area contributed by atoms with E-state index in [4.69, 9.17) is 10.4 Å². The molecule has 0 bridgehead atoms. The highest BCUT2D eigenvalue weighted by atomic mass is 16.4. The van der Waals surface area contributed by atoms with Gasteiger partial charge in [-0.2, -0.15) is 10.4 Å². The Labute approximate surface area is 105 Å². The molecule has 1 aliphatic rings. The normalized spacial score (nSPS) is 24.7. The Morgan fingerprint density at radius 2 is 2.56 bits per heavy atom. The minimum absolute atomic E-state index is 0.138. The van der Waals surface area contributed by atoms with Gasteiger partial charge in [0, 0.05) is 18.7 Å². The van der Waals surface area contributed by atoms with E-state index < -0.39 is 5.97 Å². The van der Waals surface area contributed by atoms with Crippen molar-refractivity contribution in [2.75, 3.05) is 13.1 Å². The molecular formula is C12H16N4O2. The second kappa shape index (κ2) is 4.78. The third kappa shape index (κ3) is 2.51. The van der Waals surface area contributed by atoms with Crippen molar-refractivity contribution < 1.29 is 9.90 Å². The first-order valence-electron chi connectivity index (χ1n) is 5.93. The van der Waals surface area contributed by atoms with Crippen LogP contribution in [0.2, 0.25) is 0 Å². The van der Waals surface area contributed by atoms with Crippen LogP contribution in [0.4, 0.5) is 0 Å². The lowest BCUT2D eigenvalue weighted by Crippen LogP contribution is -2.40. The number of aromatic amines is 1. The lowest BCUT2D eigenvalue weighted by molar-refractivity contribution is 0.0686. The standard InChI is InChI=1S/C12H16N4O2/c1-12(7-13)3-2-4-16(8-12)6-9-5-14-15-10(9)11(17)18/h5H,2-4,6,8H2,1H3,(H,14,15)(H,17,18)/t12-/m0/s1. The quantitative estimate of drug-likeness (QED) is 0.839. The summed E-state index contributed by atoms with van der Waals surface area (Å²) in [6, 6.07) is 2.35. The van der Waals surface area contributed by atoms with Gasteiger partial charge in [-0.05, 0) is 26.3 Å². The SMILES string of the molecule is C[C@@]1(C#N)CCCN(Cc2cn[nH]c2C(=O)O)C1. The Morgan fingerprint density at radius 1 is 1.78 bits per heavy atom. The van der Waals surface area contributed by atoms with E-state index in [1.54, 1.807) is 6.20 Å². The van der Waals surface area contributed by atoms with E-state index >= 15 is 0 Å². The van der Waals surface area contributed by atoms with Crippen molar-refractivity contribution in [3.8, 4) is 6.07 Å². The van der Waals surface area contributed by atoms with Crippen molar-refractivity contribution >= 4 is 5.97 Å². The number of carboxylic acid groups (broad SMARTS) is 1. The molecule has 1 aromatic heterocycles. The Kier molecular flexibility index (Phi) is 3.34. The molecule has 0 aromatic carbocycles. The molecule has 0 aliphatic carbocycles. The van der Waals surface area contributed by atoms with Gasteiger partial charge in [-0.3, -0.25) is 10.00 Å². The number of carboxylic acids is 1. The summed E-state index contributed by atoms with van der Waals surface area (Å²) in [4.78, 5) is 13.1. The molecule has 2 heterocycles. The van der Waals surface area contributed by atoms with Crippen molar-refractivity contribution in [3.63, 3.8) is 0 Å². The van der Waals surface area contributed by atoms with Gasteiger partial charge in [0.1, 0.15) is 5.69 Å². The zero-order valence-electron chi connectivity index (χ0n) is 10.3. The topological polar surface area (TPSA) is 93.0 Å². The second-order valence-electron chi connectivity index (χ2n) is 5.06. The average Bonchev–Trinajstić information content (AvgIpc) is 2.77. The number of hydrogen-bond acceptors (Lipinski definition) is 4. The molecule has 1 atom stereocenters. The summed E-state index contributed by atoms with van der Waals surface area (Å²) in [6.07, 6.45) is 3.41. The van der Waals surface area contributed by atoms with E-state index in [1.165, 1.54) is 0 Å². The molecule has 1 aliphatic heterocycles. The zero-order chi connectivity index (χ0) is 13.2. The van der Waals surface area contributed by atoms with E-state index in [1.807, 2.05) is 6.92 Å². The van der Waals surface area contributed by atoms with E-state index in [2.05, 4.69) is 21.2 Å². The summed E-state index contributed by atoms with van der Waals surface area (Å²) in [7, 11) is 0. The molecule has 2 rings (SSSR count). The molecule has 96 valence electrons. The summed E-state index contributed by atoms with van der Waals surface area (Å²) >= 11 is 0. The van der Waals surface area contributed by atoms with Crippen molar-refractivity contribution in [2.45, 2.75) is 26.3 Å². The van der Waals surface area contributed by atoms with Gasteiger partial charge in [0.15, 0.2) is 0 Å². The summed E-state index contributed by atoms with van der Waals surface area (Å²) in [5.74, 6) is -0.998. The summed E-state index contributed by atoms with van der Waals surface area (Å²) in [5, 5.41) is 24.4. The molecule has 2 N–H and O–H groups in total. The smallest absolute Gasteiger partial charge is 0.354 e. The van der Waals surface area contributed by atoms with Crippen LogP contribution in [-0.2, 0) is 6.54 Å². The lowest BCUT2D eigenvalue weighted by atomic mass is 9.83. The number of aromatic carboxylic acids is 1. The first kappa shape index (κ1) is 12.6. The van der Waals surface area contributed by atoms with E-state index in [0.29, 0.717) is 18.7 Å². The molecule has 6 nitrogen and oxygen atoms in total. The molecule has 0 saturated carbocycles. The number of likely N-dealkylation sites (tertiary alicyclic amines) is 1. The van der Waals surface area contributed by atoms with Crippen LogP contribution >= 0.6 is 0 Å². The Morgan fingerprint density at radius 3 is 3.22 bits per heavy atom. The van der Waals surface area contributed by atoms with Gasteiger partial charge in [0.05, 0.1) is 17.7 Å². The number of nitriles is 1. The molecule has 1 saturated heterocycles. The molecule has 18 heavy (non-hydrogen) atoms. The van der Waals surface area contributed by atoms with Crippen LogP contribution in [-0.4, -0.2) is 39.3 Å². The second-order valence-corrected chi connectivity index (χ2v) is 5.06. The largest absolute Gasteiger partial charge is 0.477 e. The fourth-order valence-electron chi connectivity index (χ4n) is 2.43. The van der Waals surface area contributed by atoms with Crippen LogP contribution in [0.25, 0.3) is 0 Å². The van der Waals surface area contributed by atoms with Crippen molar-refractivity contribution in [1.82, 2.24) is 15.1 Å². The lowest BCUT2D eigenvalue weighted by Gasteiger charge is -2.35. The molecule has 0 unspecified atom stereocenters. The fraction of sp³-hybridized carbons (Fsp3) is 0.583. The third-order valence-corrected chi connectivity index (χ3v) is 3.37. The van der Waals surface area contributed by atoms with Crippen molar-refractivity contribution in [3.05, 3.63) is 17.5 Å². The van der Waals surface area contributed by atoms with Gasteiger partial charge in [-0.15, -0.1) is 0 Å². The summed E-state index contributed by atoms with van der Waals surface area (Å²) in [5.41, 5.74) is 0.481. The maximum absolute atomic E-state index is 11.0. The van der Waals surface area contributed by atoms with Crippen LogP contribution in [0.15, 0.2) is 6.20 Å². The number of carbonyl (C=O) groups is 1. The average molecular weight is 248 g/mol. The number of aromatic nitrogens is 2.